The standard InChI is InChI=1S/C16H22N2O3/c1-10-6-7-13(12-5-3-4-11(10)12)16(20)18-14(15(17)19)8-9-21-2/h6-7,14H,3-5,8-9H2,1-2H3,(H2,17,19)(H,18,20). The normalized spacial score (nSPS) is 14.6. The molecule has 5 nitrogen and oxygen atoms in total. The highest BCUT2D eigenvalue weighted by molar-refractivity contribution is 5.99. The Morgan fingerprint density at radius 1 is 1.33 bits per heavy atom. The first kappa shape index (κ1) is 15.5. The molecule has 0 bridgehead atoms. The topological polar surface area (TPSA) is 81.4 Å². The van der Waals surface area contributed by atoms with Crippen LogP contribution in [-0.2, 0) is 22.4 Å². The van der Waals surface area contributed by atoms with Gasteiger partial charge in [-0.3, -0.25) is 9.59 Å². The first-order valence-electron chi connectivity index (χ1n) is 7.25. The van der Waals surface area contributed by atoms with E-state index in [0.717, 1.165) is 24.8 Å². The number of methoxy groups -OCH3 is 1. The van der Waals surface area contributed by atoms with E-state index in [1.807, 2.05) is 12.1 Å². The Hall–Kier alpha value is -1.88. The molecule has 1 unspecified atom stereocenters. The first-order chi connectivity index (χ1) is 10.0. The minimum atomic E-state index is -0.698. The van der Waals surface area contributed by atoms with Gasteiger partial charge < -0.3 is 15.8 Å². The van der Waals surface area contributed by atoms with Crippen molar-refractivity contribution in [1.29, 1.82) is 0 Å². The molecule has 0 aromatic heterocycles. The number of nitrogens with two attached hydrogens (primary N) is 1. The summed E-state index contributed by atoms with van der Waals surface area (Å²) in [7, 11) is 1.55. The Labute approximate surface area is 124 Å². The maximum absolute atomic E-state index is 12.4. The maximum Gasteiger partial charge on any atom is 0.252 e. The molecule has 2 rings (SSSR count). The number of primary amides is 1. The van der Waals surface area contributed by atoms with E-state index in [-0.39, 0.29) is 5.91 Å². The van der Waals surface area contributed by atoms with Crippen molar-refractivity contribution in [2.24, 2.45) is 5.73 Å². The third-order valence-corrected chi connectivity index (χ3v) is 4.02. The molecule has 0 saturated carbocycles. The molecule has 1 aliphatic rings. The molecule has 1 aliphatic carbocycles. The number of hydrogen-bond acceptors (Lipinski definition) is 3. The van der Waals surface area contributed by atoms with Gasteiger partial charge in [0.15, 0.2) is 0 Å². The van der Waals surface area contributed by atoms with E-state index >= 15 is 0 Å². The fourth-order valence-electron chi connectivity index (χ4n) is 2.86. The van der Waals surface area contributed by atoms with Crippen LogP contribution >= 0.6 is 0 Å². The monoisotopic (exact) mass is 290 g/mol. The van der Waals surface area contributed by atoms with Crippen molar-refractivity contribution in [1.82, 2.24) is 5.32 Å². The second kappa shape index (κ2) is 6.72. The van der Waals surface area contributed by atoms with Crippen molar-refractivity contribution < 1.29 is 14.3 Å². The van der Waals surface area contributed by atoms with Gasteiger partial charge in [0.2, 0.25) is 5.91 Å². The number of aryl methyl sites for hydroxylation is 1. The lowest BCUT2D eigenvalue weighted by atomic mass is 9.98. The summed E-state index contributed by atoms with van der Waals surface area (Å²) in [5, 5.41) is 2.72. The highest BCUT2D eigenvalue weighted by atomic mass is 16.5. The van der Waals surface area contributed by atoms with Crippen LogP contribution in [0.5, 0.6) is 0 Å². The molecule has 5 heteroatoms. The fourth-order valence-corrected chi connectivity index (χ4v) is 2.86. The van der Waals surface area contributed by atoms with Gasteiger partial charge in [-0.05, 0) is 55.4 Å². The highest BCUT2D eigenvalue weighted by Crippen LogP contribution is 2.28. The Bertz CT molecular complexity index is 555. The highest BCUT2D eigenvalue weighted by Gasteiger charge is 2.24. The Morgan fingerprint density at radius 2 is 2.05 bits per heavy atom. The third kappa shape index (κ3) is 3.42. The van der Waals surface area contributed by atoms with Gasteiger partial charge >= 0.3 is 0 Å². The number of rotatable bonds is 6. The number of benzene rings is 1. The van der Waals surface area contributed by atoms with Gasteiger partial charge in [0, 0.05) is 19.3 Å². The summed E-state index contributed by atoms with van der Waals surface area (Å²) in [5.74, 6) is -0.766. The third-order valence-electron chi connectivity index (χ3n) is 4.02. The number of amides is 2. The van der Waals surface area contributed by atoms with Gasteiger partial charge in [0.25, 0.3) is 5.91 Å². The second-order valence-corrected chi connectivity index (χ2v) is 5.45. The van der Waals surface area contributed by atoms with Crippen molar-refractivity contribution in [3.63, 3.8) is 0 Å². The molecule has 0 saturated heterocycles. The molecule has 1 atom stereocenters. The largest absolute Gasteiger partial charge is 0.385 e. The first-order valence-corrected chi connectivity index (χ1v) is 7.25. The lowest BCUT2D eigenvalue weighted by molar-refractivity contribution is -0.120. The van der Waals surface area contributed by atoms with Crippen molar-refractivity contribution in [2.75, 3.05) is 13.7 Å². The lowest BCUT2D eigenvalue weighted by Crippen LogP contribution is -2.45. The van der Waals surface area contributed by atoms with Crippen molar-refractivity contribution >= 4 is 11.8 Å². The summed E-state index contributed by atoms with van der Waals surface area (Å²) in [6.07, 6.45) is 3.39. The van der Waals surface area contributed by atoms with Gasteiger partial charge in [0.1, 0.15) is 6.04 Å². The molecule has 21 heavy (non-hydrogen) atoms. The lowest BCUT2D eigenvalue weighted by Gasteiger charge is -2.17. The molecular formula is C16H22N2O3. The van der Waals surface area contributed by atoms with E-state index in [1.165, 1.54) is 11.1 Å². The van der Waals surface area contributed by atoms with E-state index in [1.54, 1.807) is 7.11 Å². The van der Waals surface area contributed by atoms with Crippen LogP contribution in [0.3, 0.4) is 0 Å². The predicted octanol–water partition coefficient (Wildman–Crippen LogP) is 1.10. The van der Waals surface area contributed by atoms with Crippen molar-refractivity contribution in [3.8, 4) is 0 Å². The zero-order chi connectivity index (χ0) is 15.4. The summed E-state index contributed by atoms with van der Waals surface area (Å²) in [4.78, 5) is 23.8. The van der Waals surface area contributed by atoms with E-state index < -0.39 is 11.9 Å². The maximum atomic E-state index is 12.4. The number of fused-ring (bicyclic) bond motifs is 1. The molecule has 2 amide bonds. The van der Waals surface area contributed by atoms with Crippen LogP contribution in [0.25, 0.3) is 0 Å². The van der Waals surface area contributed by atoms with Gasteiger partial charge in [0.05, 0.1) is 0 Å². The van der Waals surface area contributed by atoms with Crippen LogP contribution in [0, 0.1) is 6.92 Å². The number of hydrogen-bond donors (Lipinski definition) is 2. The van der Waals surface area contributed by atoms with Gasteiger partial charge in [-0.25, -0.2) is 0 Å². The molecule has 3 N–H and O–H groups in total. The molecule has 0 radical (unpaired) electrons. The average Bonchev–Trinajstić information content (AvgIpc) is 2.93. The minimum Gasteiger partial charge on any atom is -0.385 e. The second-order valence-electron chi connectivity index (χ2n) is 5.45. The summed E-state index contributed by atoms with van der Waals surface area (Å²) in [5.41, 5.74) is 9.61. The van der Waals surface area contributed by atoms with Crippen LogP contribution in [0.1, 0.15) is 39.9 Å². The molecule has 0 fully saturated rings. The smallest absolute Gasteiger partial charge is 0.252 e. The van der Waals surface area contributed by atoms with Crippen LogP contribution in [-0.4, -0.2) is 31.6 Å². The summed E-state index contributed by atoms with van der Waals surface area (Å²) in [6.45, 7) is 2.44. The predicted molar refractivity (Wildman–Crippen MR) is 80.1 cm³/mol. The number of nitrogens with one attached hydrogen (secondary N) is 1. The minimum absolute atomic E-state index is 0.229. The van der Waals surface area contributed by atoms with Crippen LogP contribution in [0.4, 0.5) is 0 Å². The van der Waals surface area contributed by atoms with Crippen LogP contribution < -0.4 is 11.1 Å². The van der Waals surface area contributed by atoms with E-state index in [2.05, 4.69) is 12.2 Å². The van der Waals surface area contributed by atoms with Gasteiger partial charge in [-0.2, -0.15) is 0 Å². The van der Waals surface area contributed by atoms with Gasteiger partial charge in [-0.15, -0.1) is 0 Å². The summed E-state index contributed by atoms with van der Waals surface area (Å²) < 4.78 is 4.94. The van der Waals surface area contributed by atoms with Crippen molar-refractivity contribution in [2.45, 2.75) is 38.6 Å². The zero-order valence-electron chi connectivity index (χ0n) is 12.6. The number of carbonyl (C=O) groups excluding carboxylic acids is 2. The van der Waals surface area contributed by atoms with Crippen molar-refractivity contribution in [3.05, 3.63) is 34.4 Å². The van der Waals surface area contributed by atoms with Gasteiger partial charge in [-0.1, -0.05) is 6.07 Å². The Morgan fingerprint density at radius 3 is 2.71 bits per heavy atom. The molecule has 1 aromatic rings. The van der Waals surface area contributed by atoms with E-state index in [9.17, 15) is 9.59 Å². The molecule has 0 spiro atoms. The fraction of sp³-hybridized carbons (Fsp3) is 0.500. The summed E-state index contributed by atoms with van der Waals surface area (Å²) in [6, 6.07) is 3.10. The number of carbonyl (C=O) groups is 2. The molecule has 0 heterocycles. The number of ether oxygens (including phenoxy) is 1. The summed E-state index contributed by atoms with van der Waals surface area (Å²) >= 11 is 0. The zero-order valence-corrected chi connectivity index (χ0v) is 12.6. The average molecular weight is 290 g/mol. The molecule has 0 aliphatic heterocycles. The molecular weight excluding hydrogens is 268 g/mol. The SMILES string of the molecule is COCCC(NC(=O)c1ccc(C)c2c1CCC2)C(N)=O. The molecule has 1 aromatic carbocycles. The van der Waals surface area contributed by atoms with Crippen LogP contribution in [0.15, 0.2) is 12.1 Å². The Balaban J connectivity index is 2.17. The van der Waals surface area contributed by atoms with E-state index in [0.29, 0.717) is 18.6 Å². The quantitative estimate of drug-likeness (QED) is 0.823. The van der Waals surface area contributed by atoms with E-state index in [4.69, 9.17) is 10.5 Å². The molecule has 114 valence electrons. The Kier molecular flexibility index (Phi) is 4.96. The van der Waals surface area contributed by atoms with Crippen LogP contribution in [0.2, 0.25) is 0 Å².